The summed E-state index contributed by atoms with van der Waals surface area (Å²) in [6.45, 7) is 3.71. The molecule has 29 heavy (non-hydrogen) atoms. The zero-order valence-corrected chi connectivity index (χ0v) is 15.8. The molecule has 9 heteroatoms. The molecule has 0 spiro atoms. The van der Waals surface area contributed by atoms with Crippen molar-refractivity contribution < 1.29 is 9.72 Å². The van der Waals surface area contributed by atoms with E-state index in [-0.39, 0.29) is 11.6 Å². The Kier molecular flexibility index (Phi) is 4.55. The van der Waals surface area contributed by atoms with Crippen LogP contribution < -0.4 is 10.6 Å². The molecule has 1 aromatic heterocycles. The van der Waals surface area contributed by atoms with Crippen molar-refractivity contribution >= 4 is 23.2 Å². The van der Waals surface area contributed by atoms with E-state index < -0.39 is 11.0 Å². The van der Waals surface area contributed by atoms with Gasteiger partial charge in [-0.15, -0.1) is 0 Å². The number of anilines is 2. The minimum absolute atomic E-state index is 0.0203. The molecule has 2 heterocycles. The van der Waals surface area contributed by atoms with Crippen molar-refractivity contribution in [2.75, 3.05) is 10.6 Å². The van der Waals surface area contributed by atoms with E-state index >= 15 is 0 Å². The predicted molar refractivity (Wildman–Crippen MR) is 107 cm³/mol. The molecule has 0 saturated heterocycles. The number of aromatic nitrogens is 3. The molecule has 1 atom stereocenters. The Morgan fingerprint density at radius 3 is 2.59 bits per heavy atom. The quantitative estimate of drug-likeness (QED) is 0.521. The molecule has 4 rings (SSSR count). The van der Waals surface area contributed by atoms with E-state index in [0.29, 0.717) is 28.5 Å². The third-order valence-corrected chi connectivity index (χ3v) is 4.85. The van der Waals surface area contributed by atoms with Crippen LogP contribution in [0.25, 0.3) is 0 Å². The molecule has 0 fully saturated rings. The highest BCUT2D eigenvalue weighted by atomic mass is 16.6. The molecule has 0 unspecified atom stereocenters. The minimum Gasteiger partial charge on any atom is -0.328 e. The molecule has 2 N–H and O–H groups in total. The SMILES string of the molecule is CC1=C(C(=O)Nc2ccccc2C)[C@H](c2ccc([N+](=O)[O-])cc2)n2ncnc2N1. The molecular formula is C20H18N6O3. The summed E-state index contributed by atoms with van der Waals surface area (Å²) in [4.78, 5) is 28.0. The van der Waals surface area contributed by atoms with E-state index in [1.807, 2.05) is 31.2 Å². The molecule has 0 bridgehead atoms. The Labute approximate surface area is 166 Å². The van der Waals surface area contributed by atoms with Crippen LogP contribution in [0.4, 0.5) is 17.3 Å². The first-order chi connectivity index (χ1) is 14.0. The average Bonchev–Trinajstić information content (AvgIpc) is 3.16. The van der Waals surface area contributed by atoms with Gasteiger partial charge in [0.25, 0.3) is 11.6 Å². The zero-order chi connectivity index (χ0) is 20.5. The van der Waals surface area contributed by atoms with E-state index in [2.05, 4.69) is 20.7 Å². The highest BCUT2D eigenvalue weighted by Crippen LogP contribution is 2.35. The largest absolute Gasteiger partial charge is 0.328 e. The maximum atomic E-state index is 13.2. The van der Waals surface area contributed by atoms with Gasteiger partial charge in [-0.25, -0.2) is 4.68 Å². The highest BCUT2D eigenvalue weighted by Gasteiger charge is 2.33. The maximum Gasteiger partial charge on any atom is 0.269 e. The van der Waals surface area contributed by atoms with Gasteiger partial charge in [-0.1, -0.05) is 18.2 Å². The average molecular weight is 390 g/mol. The number of nitro groups is 1. The number of carbonyl (C=O) groups is 1. The van der Waals surface area contributed by atoms with Crippen LogP contribution in [-0.4, -0.2) is 25.6 Å². The third-order valence-electron chi connectivity index (χ3n) is 4.85. The summed E-state index contributed by atoms with van der Waals surface area (Å²) in [7, 11) is 0. The van der Waals surface area contributed by atoms with E-state index in [1.54, 1.807) is 23.7 Å². The van der Waals surface area contributed by atoms with Crippen LogP contribution in [0.15, 0.2) is 66.1 Å². The summed E-state index contributed by atoms with van der Waals surface area (Å²) < 4.78 is 1.60. The van der Waals surface area contributed by atoms with Gasteiger partial charge in [0.1, 0.15) is 12.4 Å². The van der Waals surface area contributed by atoms with Crippen LogP contribution in [0, 0.1) is 17.0 Å². The number of hydrogen-bond donors (Lipinski definition) is 2. The fraction of sp³-hybridized carbons (Fsp3) is 0.150. The van der Waals surface area contributed by atoms with E-state index in [0.717, 1.165) is 5.56 Å². The van der Waals surface area contributed by atoms with Crippen LogP contribution >= 0.6 is 0 Å². The number of amides is 1. The summed E-state index contributed by atoms with van der Waals surface area (Å²) in [5.41, 5.74) is 3.42. The number of aryl methyl sites for hydroxylation is 1. The van der Waals surface area contributed by atoms with E-state index in [9.17, 15) is 14.9 Å². The smallest absolute Gasteiger partial charge is 0.269 e. The molecular weight excluding hydrogens is 372 g/mol. The minimum atomic E-state index is -0.571. The van der Waals surface area contributed by atoms with Crippen LogP contribution in [0.2, 0.25) is 0 Å². The number of nitro benzene ring substituents is 1. The summed E-state index contributed by atoms with van der Waals surface area (Å²) in [6, 6.07) is 13.0. The predicted octanol–water partition coefficient (Wildman–Crippen LogP) is 3.42. The first-order valence-corrected chi connectivity index (χ1v) is 8.94. The fourth-order valence-corrected chi connectivity index (χ4v) is 3.37. The first kappa shape index (κ1) is 18.4. The van der Waals surface area contributed by atoms with Crippen LogP contribution in [0.1, 0.15) is 24.1 Å². The Morgan fingerprint density at radius 1 is 1.17 bits per heavy atom. The summed E-state index contributed by atoms with van der Waals surface area (Å²) >= 11 is 0. The lowest BCUT2D eigenvalue weighted by Crippen LogP contribution is -2.31. The molecule has 3 aromatic rings. The molecule has 1 aliphatic heterocycles. The van der Waals surface area contributed by atoms with Gasteiger partial charge in [-0.05, 0) is 43.2 Å². The second-order valence-electron chi connectivity index (χ2n) is 6.71. The standard InChI is InChI=1S/C20H18N6O3/c1-12-5-3-4-6-16(12)24-19(27)17-13(2)23-20-21-11-22-25(20)18(17)14-7-9-15(10-8-14)26(28)29/h3-11,18H,1-2H3,(H,24,27)(H,21,22,23)/t18-/m0/s1. The number of carbonyl (C=O) groups excluding carboxylic acids is 1. The number of hydrogen-bond acceptors (Lipinski definition) is 6. The van der Waals surface area contributed by atoms with Gasteiger partial charge in [0.15, 0.2) is 0 Å². The molecule has 2 aromatic carbocycles. The number of benzene rings is 2. The number of allylic oxidation sites excluding steroid dienone is 1. The van der Waals surface area contributed by atoms with Crippen molar-refractivity contribution in [3.05, 3.63) is 87.4 Å². The van der Waals surface area contributed by atoms with Gasteiger partial charge in [0, 0.05) is 23.5 Å². The van der Waals surface area contributed by atoms with Gasteiger partial charge >= 0.3 is 0 Å². The lowest BCUT2D eigenvalue weighted by molar-refractivity contribution is -0.384. The lowest BCUT2D eigenvalue weighted by Gasteiger charge is -2.28. The fourth-order valence-electron chi connectivity index (χ4n) is 3.37. The zero-order valence-electron chi connectivity index (χ0n) is 15.8. The summed E-state index contributed by atoms with van der Waals surface area (Å²) in [5.74, 6) is 0.215. The molecule has 9 nitrogen and oxygen atoms in total. The lowest BCUT2D eigenvalue weighted by atomic mass is 9.94. The monoisotopic (exact) mass is 390 g/mol. The number of rotatable bonds is 4. The number of non-ortho nitro benzene ring substituents is 1. The summed E-state index contributed by atoms with van der Waals surface area (Å²) in [6.07, 6.45) is 1.40. The summed E-state index contributed by atoms with van der Waals surface area (Å²) in [5, 5.41) is 21.3. The Balaban J connectivity index is 1.76. The molecule has 0 saturated carbocycles. The Morgan fingerprint density at radius 2 is 1.90 bits per heavy atom. The van der Waals surface area contributed by atoms with Crippen LogP contribution in [0.3, 0.4) is 0 Å². The van der Waals surface area contributed by atoms with Crippen molar-refractivity contribution in [1.29, 1.82) is 0 Å². The van der Waals surface area contributed by atoms with Crippen LogP contribution in [0.5, 0.6) is 0 Å². The van der Waals surface area contributed by atoms with Gasteiger partial charge < -0.3 is 10.6 Å². The van der Waals surface area contributed by atoms with Gasteiger partial charge in [0.05, 0.1) is 10.5 Å². The molecule has 0 aliphatic carbocycles. The van der Waals surface area contributed by atoms with Crippen molar-refractivity contribution in [3.8, 4) is 0 Å². The van der Waals surface area contributed by atoms with Gasteiger partial charge in [-0.2, -0.15) is 10.1 Å². The van der Waals surface area contributed by atoms with Gasteiger partial charge in [0.2, 0.25) is 5.95 Å². The highest BCUT2D eigenvalue weighted by molar-refractivity contribution is 6.06. The molecule has 0 radical (unpaired) electrons. The number of nitrogens with zero attached hydrogens (tertiary/aromatic N) is 4. The number of nitrogens with one attached hydrogen (secondary N) is 2. The Bertz CT molecular complexity index is 1130. The third kappa shape index (κ3) is 3.33. The topological polar surface area (TPSA) is 115 Å². The molecule has 1 amide bonds. The normalized spacial score (nSPS) is 15.4. The van der Waals surface area contributed by atoms with Crippen molar-refractivity contribution in [3.63, 3.8) is 0 Å². The van der Waals surface area contributed by atoms with Crippen molar-refractivity contribution in [2.24, 2.45) is 0 Å². The van der Waals surface area contributed by atoms with Crippen LogP contribution in [-0.2, 0) is 4.79 Å². The second-order valence-corrected chi connectivity index (χ2v) is 6.71. The van der Waals surface area contributed by atoms with Crippen molar-refractivity contribution in [2.45, 2.75) is 19.9 Å². The number of para-hydroxylation sites is 1. The second kappa shape index (κ2) is 7.19. The Hall–Kier alpha value is -4.01. The van der Waals surface area contributed by atoms with E-state index in [4.69, 9.17) is 0 Å². The molecule has 146 valence electrons. The number of fused-ring (bicyclic) bond motifs is 1. The van der Waals surface area contributed by atoms with E-state index in [1.165, 1.54) is 18.5 Å². The first-order valence-electron chi connectivity index (χ1n) is 8.94. The maximum absolute atomic E-state index is 13.2. The van der Waals surface area contributed by atoms with Gasteiger partial charge in [-0.3, -0.25) is 14.9 Å². The molecule has 1 aliphatic rings. The van der Waals surface area contributed by atoms with Crippen molar-refractivity contribution in [1.82, 2.24) is 14.8 Å².